The third-order valence-corrected chi connectivity index (χ3v) is 5.09. The van der Waals surface area contributed by atoms with Crippen LogP contribution in [0.3, 0.4) is 0 Å². The molecule has 1 aliphatic rings. The Morgan fingerprint density at radius 2 is 2.05 bits per heavy atom. The van der Waals surface area contributed by atoms with Gasteiger partial charge < -0.3 is 14.9 Å². The minimum Gasteiger partial charge on any atom is -0.495 e. The van der Waals surface area contributed by atoms with Crippen molar-refractivity contribution in [3.63, 3.8) is 0 Å². The van der Waals surface area contributed by atoms with Crippen LogP contribution in [0.4, 0.5) is 0 Å². The Kier molecular flexibility index (Phi) is 3.98. The highest BCUT2D eigenvalue weighted by molar-refractivity contribution is 7.89. The van der Waals surface area contributed by atoms with Crippen molar-refractivity contribution in [2.24, 2.45) is 0 Å². The first-order chi connectivity index (χ1) is 9.37. The molecule has 1 aromatic rings. The van der Waals surface area contributed by atoms with E-state index in [1.54, 1.807) is 6.07 Å². The van der Waals surface area contributed by atoms with Crippen LogP contribution in [-0.2, 0) is 14.8 Å². The molecule has 2 N–H and O–H groups in total. The molecule has 2 atom stereocenters. The first-order valence-electron chi connectivity index (χ1n) is 5.93. The number of carboxylic acid groups (broad SMARTS) is 1. The largest absolute Gasteiger partial charge is 0.495 e. The number of sulfonamides is 1. The number of aliphatic hydroxyl groups excluding tert-OH is 1. The van der Waals surface area contributed by atoms with E-state index in [-0.39, 0.29) is 23.6 Å². The number of β-amino-alcohol motifs (C(OH)–C–C–N with tert-alkyl or cyclic N) is 1. The van der Waals surface area contributed by atoms with E-state index in [4.69, 9.17) is 9.84 Å². The minimum absolute atomic E-state index is 0.108. The van der Waals surface area contributed by atoms with Gasteiger partial charge in [-0.3, -0.25) is 4.79 Å². The maximum absolute atomic E-state index is 12.5. The molecule has 1 fully saturated rings. The summed E-state index contributed by atoms with van der Waals surface area (Å²) in [6, 6.07) is 4.70. The highest BCUT2D eigenvalue weighted by Gasteiger charge is 2.44. The molecule has 1 saturated heterocycles. The Morgan fingerprint density at radius 1 is 1.40 bits per heavy atom. The number of ether oxygens (including phenoxy) is 1. The standard InChI is InChI=1S/C12H15NO6S/c1-19-10-4-2-3-5-11(10)20(17,18)13-7-8(14)6-9(13)12(15)16/h2-5,8-9,14H,6-7H2,1H3,(H,15,16)/t8-,9+/m1/s1. The van der Waals surface area contributed by atoms with Crippen molar-refractivity contribution >= 4 is 16.0 Å². The van der Waals surface area contributed by atoms with Crippen LogP contribution in [0.1, 0.15) is 6.42 Å². The second-order valence-corrected chi connectivity index (χ2v) is 6.33. The Morgan fingerprint density at radius 3 is 2.65 bits per heavy atom. The third-order valence-electron chi connectivity index (χ3n) is 3.17. The Bertz CT molecular complexity index is 614. The van der Waals surface area contributed by atoms with Crippen molar-refractivity contribution in [3.8, 4) is 5.75 Å². The lowest BCUT2D eigenvalue weighted by Gasteiger charge is -2.21. The van der Waals surface area contributed by atoms with Gasteiger partial charge in [-0.25, -0.2) is 8.42 Å². The van der Waals surface area contributed by atoms with Crippen molar-refractivity contribution in [1.82, 2.24) is 4.31 Å². The molecule has 1 aromatic carbocycles. The van der Waals surface area contributed by atoms with Gasteiger partial charge in [0.15, 0.2) is 0 Å². The van der Waals surface area contributed by atoms with Crippen molar-refractivity contribution in [2.75, 3.05) is 13.7 Å². The summed E-state index contributed by atoms with van der Waals surface area (Å²) in [4.78, 5) is 11.0. The number of carbonyl (C=O) groups is 1. The number of carboxylic acids is 1. The van der Waals surface area contributed by atoms with Gasteiger partial charge in [0.05, 0.1) is 13.2 Å². The predicted molar refractivity (Wildman–Crippen MR) is 68.9 cm³/mol. The van der Waals surface area contributed by atoms with Crippen molar-refractivity contribution < 1.29 is 28.2 Å². The van der Waals surface area contributed by atoms with E-state index in [1.807, 2.05) is 0 Å². The van der Waals surface area contributed by atoms with E-state index in [2.05, 4.69) is 0 Å². The van der Waals surface area contributed by atoms with Crippen LogP contribution in [0.5, 0.6) is 5.75 Å². The first-order valence-corrected chi connectivity index (χ1v) is 7.37. The summed E-state index contributed by atoms with van der Waals surface area (Å²) in [6.07, 6.45) is -1.11. The molecule has 2 rings (SSSR count). The molecule has 0 aromatic heterocycles. The number of methoxy groups -OCH3 is 1. The molecule has 1 heterocycles. The van der Waals surface area contributed by atoms with Crippen molar-refractivity contribution in [1.29, 1.82) is 0 Å². The molecule has 7 nitrogen and oxygen atoms in total. The molecule has 0 aliphatic carbocycles. The van der Waals surface area contributed by atoms with Gasteiger partial charge in [-0.05, 0) is 12.1 Å². The highest BCUT2D eigenvalue weighted by Crippen LogP contribution is 2.31. The van der Waals surface area contributed by atoms with Crippen molar-refractivity contribution in [2.45, 2.75) is 23.5 Å². The number of aliphatic carboxylic acids is 1. The van der Waals surface area contributed by atoms with Crippen LogP contribution < -0.4 is 4.74 Å². The number of para-hydroxylation sites is 1. The minimum atomic E-state index is -4.04. The normalized spacial score (nSPS) is 23.7. The van der Waals surface area contributed by atoms with E-state index < -0.39 is 28.1 Å². The van der Waals surface area contributed by atoms with E-state index >= 15 is 0 Å². The zero-order valence-electron chi connectivity index (χ0n) is 10.8. The number of hydrogen-bond acceptors (Lipinski definition) is 5. The molecule has 0 bridgehead atoms. The maximum Gasteiger partial charge on any atom is 0.322 e. The predicted octanol–water partition coefficient (Wildman–Crippen LogP) is -0.0963. The third kappa shape index (κ3) is 2.49. The van der Waals surface area contributed by atoms with E-state index in [9.17, 15) is 18.3 Å². The number of hydrogen-bond donors (Lipinski definition) is 2. The average molecular weight is 301 g/mol. The van der Waals surface area contributed by atoms with E-state index in [0.29, 0.717) is 0 Å². The van der Waals surface area contributed by atoms with Crippen molar-refractivity contribution in [3.05, 3.63) is 24.3 Å². The van der Waals surface area contributed by atoms with Gasteiger partial charge in [0.1, 0.15) is 16.7 Å². The van der Waals surface area contributed by atoms with Crippen LogP contribution in [-0.4, -0.2) is 54.7 Å². The summed E-state index contributed by atoms with van der Waals surface area (Å²) in [6.45, 7) is -0.239. The molecule has 0 amide bonds. The summed E-state index contributed by atoms with van der Waals surface area (Å²) >= 11 is 0. The smallest absolute Gasteiger partial charge is 0.322 e. The monoisotopic (exact) mass is 301 g/mol. The number of aliphatic hydroxyl groups is 1. The SMILES string of the molecule is COc1ccccc1S(=O)(=O)N1C[C@H](O)C[C@H]1C(=O)O. The van der Waals surface area contributed by atoms with Crippen LogP contribution in [0, 0.1) is 0 Å². The quantitative estimate of drug-likeness (QED) is 0.805. The van der Waals surface area contributed by atoms with Crippen LogP contribution >= 0.6 is 0 Å². The van der Waals surface area contributed by atoms with Crippen LogP contribution in [0.25, 0.3) is 0 Å². The van der Waals surface area contributed by atoms with Gasteiger partial charge in [-0.1, -0.05) is 12.1 Å². The molecule has 0 radical (unpaired) electrons. The molecule has 0 saturated carbocycles. The van der Waals surface area contributed by atoms with Gasteiger partial charge in [0, 0.05) is 13.0 Å². The maximum atomic E-state index is 12.5. The summed E-state index contributed by atoms with van der Waals surface area (Å²) in [5.41, 5.74) is 0. The molecular formula is C12H15NO6S. The van der Waals surface area contributed by atoms with Gasteiger partial charge >= 0.3 is 5.97 Å². The Hall–Kier alpha value is -1.64. The molecule has 20 heavy (non-hydrogen) atoms. The fraction of sp³-hybridized carbons (Fsp3) is 0.417. The summed E-state index contributed by atoms with van der Waals surface area (Å²) < 4.78 is 30.9. The van der Waals surface area contributed by atoms with E-state index in [0.717, 1.165) is 4.31 Å². The zero-order valence-corrected chi connectivity index (χ0v) is 11.6. The molecule has 1 aliphatic heterocycles. The number of nitrogens with zero attached hydrogens (tertiary/aromatic N) is 1. The lowest BCUT2D eigenvalue weighted by molar-refractivity contribution is -0.140. The summed E-state index contributed by atoms with van der Waals surface area (Å²) in [7, 11) is -2.71. The highest BCUT2D eigenvalue weighted by atomic mass is 32.2. The van der Waals surface area contributed by atoms with Gasteiger partial charge in [-0.2, -0.15) is 4.31 Å². The lowest BCUT2D eigenvalue weighted by atomic mass is 10.2. The topological polar surface area (TPSA) is 104 Å². The summed E-state index contributed by atoms with van der Waals surface area (Å²) in [5, 5.41) is 18.6. The fourth-order valence-electron chi connectivity index (χ4n) is 2.23. The molecule has 110 valence electrons. The molecular weight excluding hydrogens is 286 g/mol. The Labute approximate surface area is 116 Å². The fourth-order valence-corrected chi connectivity index (χ4v) is 4.02. The Balaban J connectivity index is 2.46. The van der Waals surface area contributed by atoms with Crippen LogP contribution in [0.15, 0.2) is 29.2 Å². The lowest BCUT2D eigenvalue weighted by Crippen LogP contribution is -2.40. The van der Waals surface area contributed by atoms with Gasteiger partial charge in [0.2, 0.25) is 10.0 Å². The molecule has 0 spiro atoms. The zero-order chi connectivity index (χ0) is 14.9. The second-order valence-electron chi connectivity index (χ2n) is 4.47. The second kappa shape index (κ2) is 5.39. The van der Waals surface area contributed by atoms with Crippen LogP contribution in [0.2, 0.25) is 0 Å². The number of benzene rings is 1. The van der Waals surface area contributed by atoms with Gasteiger partial charge in [0.25, 0.3) is 0 Å². The van der Waals surface area contributed by atoms with E-state index in [1.165, 1.54) is 25.3 Å². The average Bonchev–Trinajstić information content (AvgIpc) is 2.82. The molecule has 8 heteroatoms. The molecule has 0 unspecified atom stereocenters. The van der Waals surface area contributed by atoms with Gasteiger partial charge in [-0.15, -0.1) is 0 Å². The number of rotatable bonds is 4. The summed E-state index contributed by atoms with van der Waals surface area (Å²) in [5.74, 6) is -1.14. The first kappa shape index (κ1) is 14.8.